The number of halogens is 2. The summed E-state index contributed by atoms with van der Waals surface area (Å²) in [6.07, 6.45) is 1.64. The average molecular weight is 384 g/mol. The van der Waals surface area contributed by atoms with Gasteiger partial charge in [-0.3, -0.25) is 4.79 Å². The monoisotopic (exact) mass is 383 g/mol. The zero-order valence-corrected chi connectivity index (χ0v) is 15.7. The van der Waals surface area contributed by atoms with Crippen LogP contribution in [0.4, 0.5) is 0 Å². The summed E-state index contributed by atoms with van der Waals surface area (Å²) in [4.78, 5) is 14.3. The molecule has 24 heavy (non-hydrogen) atoms. The van der Waals surface area contributed by atoms with Gasteiger partial charge in [0.1, 0.15) is 0 Å². The van der Waals surface area contributed by atoms with Crippen molar-refractivity contribution in [3.63, 3.8) is 0 Å². The van der Waals surface area contributed by atoms with Crippen molar-refractivity contribution in [1.29, 1.82) is 0 Å². The summed E-state index contributed by atoms with van der Waals surface area (Å²) in [6.45, 7) is 3.85. The van der Waals surface area contributed by atoms with E-state index in [-0.39, 0.29) is 11.3 Å². The first kappa shape index (κ1) is 17.7. The molecule has 0 saturated carbocycles. The third-order valence-corrected chi connectivity index (χ3v) is 6.05. The smallest absolute Gasteiger partial charge is 0.261 e. The molecule has 2 aromatic rings. The molecule has 1 aliphatic heterocycles. The lowest BCUT2D eigenvalue weighted by atomic mass is 9.74. The number of ether oxygens (including phenoxy) is 1. The molecule has 0 bridgehead atoms. The number of rotatable bonds is 4. The van der Waals surface area contributed by atoms with Gasteiger partial charge in [0.05, 0.1) is 4.88 Å². The summed E-state index contributed by atoms with van der Waals surface area (Å²) >= 11 is 14.0. The fourth-order valence-electron chi connectivity index (χ4n) is 3.12. The normalized spacial score (nSPS) is 16.8. The van der Waals surface area contributed by atoms with Crippen molar-refractivity contribution in [2.24, 2.45) is 0 Å². The number of carbonyl (C=O) groups excluding carboxylic acids is 1. The van der Waals surface area contributed by atoms with Crippen LogP contribution in [0.3, 0.4) is 0 Å². The van der Waals surface area contributed by atoms with E-state index in [1.165, 1.54) is 11.3 Å². The molecule has 1 N–H and O–H groups in total. The molecule has 1 saturated heterocycles. The number of amides is 1. The third-order valence-electron chi connectivity index (χ3n) is 4.50. The number of hydrogen-bond donors (Lipinski definition) is 1. The molecule has 1 aromatic carbocycles. The van der Waals surface area contributed by atoms with Crippen molar-refractivity contribution in [3.8, 4) is 0 Å². The summed E-state index contributed by atoms with van der Waals surface area (Å²) in [6, 6.07) is 9.41. The fourth-order valence-corrected chi connectivity index (χ4v) is 4.51. The summed E-state index contributed by atoms with van der Waals surface area (Å²) in [5.41, 5.74) is 0.807. The number of carbonyl (C=O) groups is 1. The molecule has 1 aromatic heterocycles. The quantitative estimate of drug-likeness (QED) is 0.819. The minimum absolute atomic E-state index is 0.0379. The van der Waals surface area contributed by atoms with Crippen molar-refractivity contribution in [2.75, 3.05) is 19.8 Å². The van der Waals surface area contributed by atoms with Gasteiger partial charge in [0.15, 0.2) is 0 Å². The van der Waals surface area contributed by atoms with Crippen molar-refractivity contribution in [3.05, 3.63) is 55.7 Å². The topological polar surface area (TPSA) is 38.3 Å². The zero-order chi connectivity index (χ0) is 17.2. The second kappa shape index (κ2) is 7.44. The van der Waals surface area contributed by atoms with E-state index in [0.717, 1.165) is 28.2 Å². The van der Waals surface area contributed by atoms with Crippen LogP contribution in [0.15, 0.2) is 30.3 Å². The van der Waals surface area contributed by atoms with Gasteiger partial charge in [0.2, 0.25) is 0 Å². The lowest BCUT2D eigenvalue weighted by Crippen LogP contribution is -2.44. The van der Waals surface area contributed by atoms with Crippen molar-refractivity contribution in [2.45, 2.75) is 25.2 Å². The first-order chi connectivity index (χ1) is 11.5. The Morgan fingerprint density at radius 2 is 2.00 bits per heavy atom. The van der Waals surface area contributed by atoms with Gasteiger partial charge in [-0.15, -0.1) is 11.3 Å². The summed E-state index contributed by atoms with van der Waals surface area (Å²) in [5.74, 6) is -0.0379. The van der Waals surface area contributed by atoms with E-state index in [1.54, 1.807) is 6.07 Å². The Kier molecular flexibility index (Phi) is 5.50. The molecule has 1 aliphatic rings. The molecule has 128 valence electrons. The highest BCUT2D eigenvalue weighted by atomic mass is 35.5. The van der Waals surface area contributed by atoms with Crippen LogP contribution >= 0.6 is 34.5 Å². The molecule has 2 heterocycles. The average Bonchev–Trinajstić information content (AvgIpc) is 3.00. The number of aryl methyl sites for hydroxylation is 1. The molecule has 0 spiro atoms. The Morgan fingerprint density at radius 3 is 2.62 bits per heavy atom. The van der Waals surface area contributed by atoms with Crippen LogP contribution in [-0.4, -0.2) is 25.7 Å². The summed E-state index contributed by atoms with van der Waals surface area (Å²) in [7, 11) is 0. The molecule has 0 atom stereocenters. The van der Waals surface area contributed by atoms with Gasteiger partial charge in [0, 0.05) is 40.1 Å². The van der Waals surface area contributed by atoms with Crippen LogP contribution in [0.25, 0.3) is 0 Å². The predicted molar refractivity (Wildman–Crippen MR) is 99.6 cm³/mol. The predicted octanol–water partition coefficient (Wildman–Crippen LogP) is 4.84. The molecule has 3 rings (SSSR count). The second-order valence-corrected chi connectivity index (χ2v) is 8.24. The first-order valence-corrected chi connectivity index (χ1v) is 9.45. The number of hydrogen-bond acceptors (Lipinski definition) is 3. The minimum Gasteiger partial charge on any atom is -0.381 e. The fraction of sp³-hybridized carbons (Fsp3) is 0.389. The second-order valence-electron chi connectivity index (χ2n) is 6.11. The highest BCUT2D eigenvalue weighted by Gasteiger charge is 2.36. The van der Waals surface area contributed by atoms with Gasteiger partial charge in [0.25, 0.3) is 5.91 Å². The molecular weight excluding hydrogens is 365 g/mol. The van der Waals surface area contributed by atoms with E-state index in [4.69, 9.17) is 27.9 Å². The van der Waals surface area contributed by atoms with E-state index >= 15 is 0 Å². The van der Waals surface area contributed by atoms with E-state index in [2.05, 4.69) is 5.32 Å². The van der Waals surface area contributed by atoms with E-state index in [1.807, 2.05) is 31.2 Å². The van der Waals surface area contributed by atoms with Crippen molar-refractivity contribution in [1.82, 2.24) is 5.32 Å². The Labute approximate surface area is 155 Å². The van der Waals surface area contributed by atoms with Crippen molar-refractivity contribution >= 4 is 40.4 Å². The van der Waals surface area contributed by atoms with Crippen LogP contribution in [-0.2, 0) is 10.2 Å². The van der Waals surface area contributed by atoms with Gasteiger partial charge < -0.3 is 10.1 Å². The van der Waals surface area contributed by atoms with Crippen LogP contribution in [0.1, 0.15) is 33.0 Å². The number of benzene rings is 1. The maximum absolute atomic E-state index is 12.4. The molecule has 0 radical (unpaired) electrons. The van der Waals surface area contributed by atoms with Crippen LogP contribution < -0.4 is 5.32 Å². The maximum Gasteiger partial charge on any atom is 0.261 e. The molecule has 1 amide bonds. The third kappa shape index (κ3) is 3.77. The number of nitrogens with one attached hydrogen (secondary N) is 1. The molecular formula is C18H19Cl2NO2S. The lowest BCUT2D eigenvalue weighted by Gasteiger charge is -2.38. The first-order valence-electron chi connectivity index (χ1n) is 7.88. The largest absolute Gasteiger partial charge is 0.381 e. The maximum atomic E-state index is 12.4. The van der Waals surface area contributed by atoms with E-state index in [0.29, 0.717) is 29.8 Å². The SMILES string of the molecule is Cc1ccc(C(=O)NCC2(c3ccc(Cl)cc3Cl)CCOCC2)s1. The highest BCUT2D eigenvalue weighted by Crippen LogP contribution is 2.39. The van der Waals surface area contributed by atoms with Gasteiger partial charge in [-0.2, -0.15) is 0 Å². The molecule has 1 fully saturated rings. The molecule has 0 unspecified atom stereocenters. The van der Waals surface area contributed by atoms with Gasteiger partial charge in [-0.05, 0) is 49.6 Å². The molecule has 6 heteroatoms. The Balaban J connectivity index is 1.82. The molecule has 0 aliphatic carbocycles. The highest BCUT2D eigenvalue weighted by molar-refractivity contribution is 7.13. The number of thiophene rings is 1. The Hall–Kier alpha value is -1.07. The Bertz CT molecular complexity index is 738. The minimum atomic E-state index is -0.220. The van der Waals surface area contributed by atoms with Gasteiger partial charge in [-0.25, -0.2) is 0 Å². The van der Waals surface area contributed by atoms with Gasteiger partial charge >= 0.3 is 0 Å². The van der Waals surface area contributed by atoms with Crippen molar-refractivity contribution < 1.29 is 9.53 Å². The zero-order valence-electron chi connectivity index (χ0n) is 13.4. The van der Waals surface area contributed by atoms with E-state index < -0.39 is 0 Å². The lowest BCUT2D eigenvalue weighted by molar-refractivity contribution is 0.0488. The van der Waals surface area contributed by atoms with Crippen LogP contribution in [0.5, 0.6) is 0 Å². The van der Waals surface area contributed by atoms with Crippen LogP contribution in [0.2, 0.25) is 10.0 Å². The molecule has 3 nitrogen and oxygen atoms in total. The summed E-state index contributed by atoms with van der Waals surface area (Å²) < 4.78 is 5.52. The summed E-state index contributed by atoms with van der Waals surface area (Å²) in [5, 5.41) is 4.35. The van der Waals surface area contributed by atoms with E-state index in [9.17, 15) is 4.79 Å². The van der Waals surface area contributed by atoms with Gasteiger partial charge in [-0.1, -0.05) is 29.3 Å². The van der Waals surface area contributed by atoms with Crippen LogP contribution in [0, 0.1) is 6.92 Å². The Morgan fingerprint density at radius 1 is 1.25 bits per heavy atom. The standard InChI is InChI=1S/C18H19Cl2NO2S/c1-12-2-5-16(24-12)17(22)21-11-18(6-8-23-9-7-18)14-4-3-13(19)10-15(14)20/h2-5,10H,6-9,11H2,1H3,(H,21,22).